The summed E-state index contributed by atoms with van der Waals surface area (Å²) in [6.45, 7) is 1.39. The number of amides is 1. The molecule has 0 bridgehead atoms. The Labute approximate surface area is 167 Å². The SMILES string of the molecule is O=C(/C=C/c1ccc(Cl)c(Cl)c1)N1CCCC(c2nnc3ccccn23)C1. The van der Waals surface area contributed by atoms with Crippen LogP contribution < -0.4 is 0 Å². The van der Waals surface area contributed by atoms with Gasteiger partial charge in [0.05, 0.1) is 10.0 Å². The van der Waals surface area contributed by atoms with Crippen LogP contribution in [-0.2, 0) is 4.79 Å². The summed E-state index contributed by atoms with van der Waals surface area (Å²) in [5.41, 5.74) is 1.67. The quantitative estimate of drug-likeness (QED) is 0.609. The summed E-state index contributed by atoms with van der Waals surface area (Å²) in [5, 5.41) is 9.56. The first-order chi connectivity index (χ1) is 13.1. The lowest BCUT2D eigenvalue weighted by Gasteiger charge is -2.31. The second kappa shape index (κ2) is 7.71. The fraction of sp³-hybridized carbons (Fsp3) is 0.250. The third kappa shape index (κ3) is 3.84. The number of likely N-dealkylation sites (tertiary alicyclic amines) is 1. The molecule has 1 fully saturated rings. The highest BCUT2D eigenvalue weighted by molar-refractivity contribution is 6.42. The number of benzene rings is 1. The Morgan fingerprint density at radius 2 is 2.04 bits per heavy atom. The molecule has 2 aromatic heterocycles. The molecule has 1 aromatic carbocycles. The molecule has 1 atom stereocenters. The molecule has 7 heteroatoms. The molecule has 1 unspecified atom stereocenters. The Morgan fingerprint density at radius 1 is 1.15 bits per heavy atom. The van der Waals surface area contributed by atoms with Crippen molar-refractivity contribution in [2.45, 2.75) is 18.8 Å². The van der Waals surface area contributed by atoms with Crippen LogP contribution in [-0.4, -0.2) is 38.5 Å². The van der Waals surface area contributed by atoms with Crippen LogP contribution in [0.2, 0.25) is 10.0 Å². The van der Waals surface area contributed by atoms with Gasteiger partial charge in [-0.3, -0.25) is 9.20 Å². The smallest absolute Gasteiger partial charge is 0.246 e. The monoisotopic (exact) mass is 400 g/mol. The minimum absolute atomic E-state index is 0.0143. The molecule has 0 saturated carbocycles. The van der Waals surface area contributed by atoms with E-state index in [4.69, 9.17) is 23.2 Å². The third-order valence-corrected chi connectivity index (χ3v) is 5.54. The zero-order valence-electron chi connectivity index (χ0n) is 14.6. The zero-order chi connectivity index (χ0) is 18.8. The lowest BCUT2D eigenvalue weighted by Crippen LogP contribution is -2.38. The van der Waals surface area contributed by atoms with Gasteiger partial charge in [-0.15, -0.1) is 10.2 Å². The van der Waals surface area contributed by atoms with E-state index in [1.807, 2.05) is 39.8 Å². The molecular weight excluding hydrogens is 383 g/mol. The second-order valence-corrected chi connectivity index (χ2v) is 7.43. The van der Waals surface area contributed by atoms with Gasteiger partial charge >= 0.3 is 0 Å². The van der Waals surface area contributed by atoms with Gasteiger partial charge in [-0.1, -0.05) is 35.3 Å². The highest BCUT2D eigenvalue weighted by Crippen LogP contribution is 2.27. The minimum Gasteiger partial charge on any atom is -0.338 e. The molecular formula is C20H18Cl2N4O. The number of aromatic nitrogens is 3. The van der Waals surface area contributed by atoms with Crippen LogP contribution in [0.15, 0.2) is 48.7 Å². The molecule has 1 amide bonds. The topological polar surface area (TPSA) is 50.5 Å². The van der Waals surface area contributed by atoms with Gasteiger partial charge in [-0.05, 0) is 48.7 Å². The van der Waals surface area contributed by atoms with Gasteiger partial charge in [0.15, 0.2) is 5.65 Å². The summed E-state index contributed by atoms with van der Waals surface area (Å²) in [7, 11) is 0. The van der Waals surface area contributed by atoms with Crippen LogP contribution >= 0.6 is 23.2 Å². The highest BCUT2D eigenvalue weighted by atomic mass is 35.5. The Bertz CT molecular complexity index is 1010. The maximum Gasteiger partial charge on any atom is 0.246 e. The van der Waals surface area contributed by atoms with Gasteiger partial charge in [-0.2, -0.15) is 0 Å². The summed E-state index contributed by atoms with van der Waals surface area (Å²) < 4.78 is 2.00. The van der Waals surface area contributed by atoms with Crippen molar-refractivity contribution in [1.82, 2.24) is 19.5 Å². The molecule has 1 aliphatic heterocycles. The van der Waals surface area contributed by atoms with E-state index in [1.54, 1.807) is 24.3 Å². The van der Waals surface area contributed by atoms with Gasteiger partial charge in [0.2, 0.25) is 5.91 Å². The number of carbonyl (C=O) groups is 1. The Morgan fingerprint density at radius 3 is 2.89 bits per heavy atom. The summed E-state index contributed by atoms with van der Waals surface area (Å²) in [6, 6.07) is 11.1. The number of pyridine rings is 1. The number of halogens is 2. The number of nitrogens with zero attached hydrogens (tertiary/aromatic N) is 4. The minimum atomic E-state index is -0.0143. The molecule has 1 saturated heterocycles. The summed E-state index contributed by atoms with van der Waals surface area (Å²) in [5.74, 6) is 1.08. The first-order valence-corrected chi connectivity index (χ1v) is 9.59. The first-order valence-electron chi connectivity index (χ1n) is 8.83. The van der Waals surface area contributed by atoms with E-state index in [0.717, 1.165) is 36.4 Å². The van der Waals surface area contributed by atoms with E-state index in [9.17, 15) is 4.79 Å². The van der Waals surface area contributed by atoms with Crippen molar-refractivity contribution in [3.05, 3.63) is 70.1 Å². The molecule has 0 spiro atoms. The fourth-order valence-corrected chi connectivity index (χ4v) is 3.72. The highest BCUT2D eigenvalue weighted by Gasteiger charge is 2.26. The van der Waals surface area contributed by atoms with Crippen molar-refractivity contribution in [3.63, 3.8) is 0 Å². The van der Waals surface area contributed by atoms with Crippen LogP contribution in [0.1, 0.15) is 30.1 Å². The van der Waals surface area contributed by atoms with Crippen LogP contribution in [0.4, 0.5) is 0 Å². The van der Waals surface area contributed by atoms with Crippen molar-refractivity contribution < 1.29 is 4.79 Å². The van der Waals surface area contributed by atoms with Gasteiger partial charge in [0, 0.05) is 31.3 Å². The standard InChI is InChI=1S/C20H18Cl2N4O/c21-16-8-6-14(12-17(16)22)7-9-19(27)25-10-3-4-15(13-25)20-24-23-18-5-1-2-11-26(18)20/h1-2,5-9,11-12,15H,3-4,10,13H2/b9-7+. The first kappa shape index (κ1) is 18.0. The third-order valence-electron chi connectivity index (χ3n) is 4.80. The van der Waals surface area contributed by atoms with Crippen LogP contribution in [0.25, 0.3) is 11.7 Å². The van der Waals surface area contributed by atoms with Gasteiger partial charge < -0.3 is 4.90 Å². The average Bonchev–Trinajstić information content (AvgIpc) is 3.13. The number of rotatable bonds is 3. The van der Waals surface area contributed by atoms with E-state index in [2.05, 4.69) is 10.2 Å². The molecule has 0 aliphatic carbocycles. The van der Waals surface area contributed by atoms with E-state index in [0.29, 0.717) is 16.6 Å². The van der Waals surface area contributed by atoms with Gasteiger partial charge in [-0.25, -0.2) is 0 Å². The molecule has 0 radical (unpaired) electrons. The molecule has 5 nitrogen and oxygen atoms in total. The normalized spacial score (nSPS) is 17.7. The molecule has 4 rings (SSSR count). The molecule has 27 heavy (non-hydrogen) atoms. The summed E-state index contributed by atoms with van der Waals surface area (Å²) in [4.78, 5) is 14.5. The summed E-state index contributed by atoms with van der Waals surface area (Å²) in [6.07, 6.45) is 7.26. The predicted octanol–water partition coefficient (Wildman–Crippen LogP) is 4.46. The zero-order valence-corrected chi connectivity index (χ0v) is 16.1. The molecule has 0 N–H and O–H groups in total. The second-order valence-electron chi connectivity index (χ2n) is 6.62. The number of piperidine rings is 1. The lowest BCUT2D eigenvalue weighted by molar-refractivity contribution is -0.127. The number of hydrogen-bond acceptors (Lipinski definition) is 3. The van der Waals surface area contributed by atoms with Crippen molar-refractivity contribution in [3.8, 4) is 0 Å². The maximum atomic E-state index is 12.6. The Hall–Kier alpha value is -2.37. The largest absolute Gasteiger partial charge is 0.338 e. The van der Waals surface area contributed by atoms with Gasteiger partial charge in [0.25, 0.3) is 0 Å². The van der Waals surface area contributed by atoms with E-state index in [1.165, 1.54) is 0 Å². The van der Waals surface area contributed by atoms with E-state index in [-0.39, 0.29) is 11.8 Å². The summed E-state index contributed by atoms with van der Waals surface area (Å²) >= 11 is 12.0. The van der Waals surface area contributed by atoms with E-state index >= 15 is 0 Å². The average molecular weight is 401 g/mol. The maximum absolute atomic E-state index is 12.6. The number of carbonyl (C=O) groups excluding carboxylic acids is 1. The van der Waals surface area contributed by atoms with Crippen molar-refractivity contribution in [2.24, 2.45) is 0 Å². The van der Waals surface area contributed by atoms with Gasteiger partial charge in [0.1, 0.15) is 5.82 Å². The number of fused-ring (bicyclic) bond motifs is 1. The lowest BCUT2D eigenvalue weighted by atomic mass is 9.97. The molecule has 3 aromatic rings. The van der Waals surface area contributed by atoms with Crippen LogP contribution in [0.3, 0.4) is 0 Å². The number of hydrogen-bond donors (Lipinski definition) is 0. The van der Waals surface area contributed by atoms with Crippen LogP contribution in [0, 0.1) is 0 Å². The van der Waals surface area contributed by atoms with Crippen molar-refractivity contribution >= 4 is 40.8 Å². The fourth-order valence-electron chi connectivity index (χ4n) is 3.42. The van der Waals surface area contributed by atoms with Crippen molar-refractivity contribution in [2.75, 3.05) is 13.1 Å². The predicted molar refractivity (Wildman–Crippen MR) is 107 cm³/mol. The molecule has 138 valence electrons. The van der Waals surface area contributed by atoms with Crippen LogP contribution in [0.5, 0.6) is 0 Å². The molecule has 3 heterocycles. The van der Waals surface area contributed by atoms with E-state index < -0.39 is 0 Å². The Balaban J connectivity index is 1.48. The molecule has 1 aliphatic rings. The van der Waals surface area contributed by atoms with Crippen molar-refractivity contribution in [1.29, 1.82) is 0 Å². The Kier molecular flexibility index (Phi) is 5.14.